The Balaban J connectivity index is 2.20. The van der Waals surface area contributed by atoms with Crippen LogP contribution in [0.15, 0.2) is 0 Å². The molecule has 0 saturated carbocycles. The lowest BCUT2D eigenvalue weighted by Gasteiger charge is -2.34. The highest BCUT2D eigenvalue weighted by molar-refractivity contribution is 6.45. The Morgan fingerprint density at radius 3 is 2.33 bits per heavy atom. The van der Waals surface area contributed by atoms with E-state index in [1.54, 1.807) is 0 Å². The highest BCUT2D eigenvalue weighted by Crippen LogP contribution is 2.01. The molecule has 1 heterocycles. The van der Waals surface area contributed by atoms with Crippen molar-refractivity contribution in [2.24, 2.45) is 5.73 Å². The normalized spacial score (nSPS) is 21.2. The van der Waals surface area contributed by atoms with Crippen molar-refractivity contribution >= 4 is 7.05 Å². The predicted octanol–water partition coefficient (Wildman–Crippen LogP) is -1.33. The summed E-state index contributed by atoms with van der Waals surface area (Å²) in [7, 11) is -0.301. The second-order valence-electron chi connectivity index (χ2n) is 3.30. The van der Waals surface area contributed by atoms with Gasteiger partial charge in [-0.3, -0.25) is 4.90 Å². The van der Waals surface area contributed by atoms with Crippen LogP contribution in [0.25, 0.3) is 0 Å². The average Bonchev–Trinajstić information content (AvgIpc) is 2.06. The molecule has 0 aromatic carbocycles. The number of piperazine rings is 1. The fourth-order valence-electron chi connectivity index (χ4n) is 1.54. The van der Waals surface area contributed by atoms with Crippen LogP contribution in [0.5, 0.6) is 0 Å². The van der Waals surface area contributed by atoms with Crippen LogP contribution in [0.4, 0.5) is 0 Å². The first-order valence-corrected chi connectivity index (χ1v) is 4.58. The van der Waals surface area contributed by atoms with Crippen molar-refractivity contribution in [3.8, 4) is 0 Å². The largest absolute Gasteiger partial charge is 0.437 e. The van der Waals surface area contributed by atoms with Crippen molar-refractivity contribution in [3.05, 3.63) is 0 Å². The highest BCUT2D eigenvalue weighted by Gasteiger charge is 2.21. The predicted molar refractivity (Wildman–Crippen MR) is 50.9 cm³/mol. The van der Waals surface area contributed by atoms with E-state index in [1.807, 2.05) is 6.82 Å². The molecule has 1 aliphatic rings. The smallest absolute Gasteiger partial charge is 0.376 e. The first-order valence-electron chi connectivity index (χ1n) is 4.58. The lowest BCUT2D eigenvalue weighted by atomic mass is 9.84. The maximum Gasteiger partial charge on any atom is 0.376 e. The molecule has 0 aromatic rings. The van der Waals surface area contributed by atoms with Gasteiger partial charge in [-0.05, 0) is 6.82 Å². The summed E-state index contributed by atoms with van der Waals surface area (Å²) < 4.78 is 0. The lowest BCUT2D eigenvalue weighted by molar-refractivity contribution is 0.180. The van der Waals surface area contributed by atoms with Crippen LogP contribution < -0.4 is 5.73 Å². The van der Waals surface area contributed by atoms with E-state index in [-0.39, 0.29) is 7.05 Å². The Hall–Kier alpha value is -0.0951. The summed E-state index contributed by atoms with van der Waals surface area (Å²) >= 11 is 0. The van der Waals surface area contributed by atoms with E-state index >= 15 is 0 Å². The summed E-state index contributed by atoms with van der Waals surface area (Å²) in [6.07, 6.45) is 0. The minimum atomic E-state index is -0.301. The Morgan fingerprint density at radius 1 is 1.33 bits per heavy atom. The van der Waals surface area contributed by atoms with E-state index in [0.717, 1.165) is 39.3 Å². The van der Waals surface area contributed by atoms with Gasteiger partial charge in [-0.15, -0.1) is 0 Å². The average molecular weight is 171 g/mol. The summed E-state index contributed by atoms with van der Waals surface area (Å²) in [5.41, 5.74) is 5.45. The SMILES string of the molecule is CB(O)N1CCN(CCN)CC1. The summed E-state index contributed by atoms with van der Waals surface area (Å²) in [6.45, 7) is 7.50. The number of hydrogen-bond acceptors (Lipinski definition) is 4. The van der Waals surface area contributed by atoms with Gasteiger partial charge in [-0.1, -0.05) is 0 Å². The van der Waals surface area contributed by atoms with E-state index in [1.165, 1.54) is 0 Å². The molecule has 0 atom stereocenters. The Morgan fingerprint density at radius 2 is 1.92 bits per heavy atom. The third-order valence-electron chi connectivity index (χ3n) is 2.38. The maximum absolute atomic E-state index is 9.28. The molecule has 3 N–H and O–H groups in total. The standard InChI is InChI=1S/C7H18BN3O/c1-8(12)11-6-4-10(3-2-9)5-7-11/h12H,2-7,9H2,1H3. The van der Waals surface area contributed by atoms with Crippen LogP contribution in [0, 0.1) is 0 Å². The van der Waals surface area contributed by atoms with E-state index in [9.17, 15) is 5.02 Å². The number of nitrogens with two attached hydrogens (primary N) is 1. The molecule has 1 fully saturated rings. The monoisotopic (exact) mass is 171 g/mol. The van der Waals surface area contributed by atoms with Crippen molar-refractivity contribution in [1.29, 1.82) is 0 Å². The van der Waals surface area contributed by atoms with Gasteiger partial charge in [0.1, 0.15) is 0 Å². The van der Waals surface area contributed by atoms with Gasteiger partial charge in [0.25, 0.3) is 0 Å². The number of hydrogen-bond donors (Lipinski definition) is 2. The van der Waals surface area contributed by atoms with Gasteiger partial charge in [0.05, 0.1) is 0 Å². The Bertz CT molecular complexity index is 126. The molecular formula is C7H18BN3O. The zero-order valence-corrected chi connectivity index (χ0v) is 7.74. The van der Waals surface area contributed by atoms with Crippen LogP contribution in [0.3, 0.4) is 0 Å². The Kier molecular flexibility index (Phi) is 4.01. The zero-order valence-electron chi connectivity index (χ0n) is 7.74. The minimum Gasteiger partial charge on any atom is -0.437 e. The molecule has 0 aromatic heterocycles. The summed E-state index contributed by atoms with van der Waals surface area (Å²) in [5, 5.41) is 9.28. The second-order valence-corrected chi connectivity index (χ2v) is 3.30. The van der Waals surface area contributed by atoms with E-state index in [0.29, 0.717) is 0 Å². The van der Waals surface area contributed by atoms with Crippen LogP contribution >= 0.6 is 0 Å². The van der Waals surface area contributed by atoms with Gasteiger partial charge in [0.15, 0.2) is 0 Å². The molecule has 70 valence electrons. The molecule has 0 spiro atoms. The third kappa shape index (κ3) is 2.75. The van der Waals surface area contributed by atoms with E-state index in [2.05, 4.69) is 9.71 Å². The van der Waals surface area contributed by atoms with E-state index in [4.69, 9.17) is 5.73 Å². The molecule has 4 nitrogen and oxygen atoms in total. The molecule has 1 aliphatic heterocycles. The maximum atomic E-state index is 9.28. The van der Waals surface area contributed by atoms with Crippen molar-refractivity contribution in [2.75, 3.05) is 39.3 Å². The molecule has 0 radical (unpaired) electrons. The Labute approximate surface area is 74.5 Å². The van der Waals surface area contributed by atoms with Crippen molar-refractivity contribution in [2.45, 2.75) is 6.82 Å². The molecule has 12 heavy (non-hydrogen) atoms. The van der Waals surface area contributed by atoms with Gasteiger partial charge in [0.2, 0.25) is 0 Å². The first-order chi connectivity index (χ1) is 5.74. The first kappa shape index (κ1) is 9.99. The topological polar surface area (TPSA) is 52.7 Å². The van der Waals surface area contributed by atoms with Gasteiger partial charge in [-0.25, -0.2) is 0 Å². The van der Waals surface area contributed by atoms with Gasteiger partial charge >= 0.3 is 7.05 Å². The van der Waals surface area contributed by atoms with Crippen LogP contribution in [-0.4, -0.2) is 61.1 Å². The van der Waals surface area contributed by atoms with Gasteiger partial charge < -0.3 is 15.6 Å². The minimum absolute atomic E-state index is 0.301. The molecule has 1 saturated heterocycles. The third-order valence-corrected chi connectivity index (χ3v) is 2.38. The molecule has 0 bridgehead atoms. The van der Waals surface area contributed by atoms with Crippen LogP contribution in [0.1, 0.15) is 0 Å². The second kappa shape index (κ2) is 4.82. The zero-order chi connectivity index (χ0) is 8.97. The molecule has 0 amide bonds. The highest BCUT2D eigenvalue weighted by atomic mass is 16.2. The summed E-state index contributed by atoms with van der Waals surface area (Å²) in [6, 6.07) is 0. The van der Waals surface area contributed by atoms with Crippen LogP contribution in [0.2, 0.25) is 6.82 Å². The summed E-state index contributed by atoms with van der Waals surface area (Å²) in [5.74, 6) is 0. The van der Waals surface area contributed by atoms with E-state index < -0.39 is 0 Å². The van der Waals surface area contributed by atoms with Crippen molar-refractivity contribution in [3.63, 3.8) is 0 Å². The van der Waals surface area contributed by atoms with Gasteiger partial charge in [-0.2, -0.15) is 0 Å². The lowest BCUT2D eigenvalue weighted by Crippen LogP contribution is -2.52. The molecule has 1 rings (SSSR count). The van der Waals surface area contributed by atoms with Crippen molar-refractivity contribution in [1.82, 2.24) is 9.71 Å². The summed E-state index contributed by atoms with van der Waals surface area (Å²) in [4.78, 5) is 4.41. The fourth-order valence-corrected chi connectivity index (χ4v) is 1.54. The quantitative estimate of drug-likeness (QED) is 0.517. The van der Waals surface area contributed by atoms with Crippen molar-refractivity contribution < 1.29 is 5.02 Å². The molecular weight excluding hydrogens is 153 g/mol. The fraction of sp³-hybridized carbons (Fsp3) is 1.00. The molecule has 5 heteroatoms. The number of rotatable bonds is 3. The van der Waals surface area contributed by atoms with Gasteiger partial charge in [0, 0.05) is 39.3 Å². The van der Waals surface area contributed by atoms with Crippen LogP contribution in [-0.2, 0) is 0 Å². The number of nitrogens with zero attached hydrogens (tertiary/aromatic N) is 2. The molecule has 0 unspecified atom stereocenters. The molecule has 0 aliphatic carbocycles.